The Kier molecular flexibility index (Phi) is 5.66. The summed E-state index contributed by atoms with van der Waals surface area (Å²) in [7, 11) is 0. The molecule has 226 valence electrons. The van der Waals surface area contributed by atoms with Crippen LogP contribution in [0.25, 0.3) is 82.7 Å². The van der Waals surface area contributed by atoms with E-state index in [1.165, 1.54) is 65.7 Å². The first-order valence-electron chi connectivity index (χ1n) is 16.7. The Morgan fingerprint density at radius 2 is 1.04 bits per heavy atom. The van der Waals surface area contributed by atoms with Gasteiger partial charge in [-0.1, -0.05) is 141 Å². The van der Waals surface area contributed by atoms with Gasteiger partial charge in [0, 0.05) is 16.7 Å². The van der Waals surface area contributed by atoms with E-state index in [4.69, 9.17) is 4.98 Å². The summed E-state index contributed by atoms with van der Waals surface area (Å²) in [6.07, 6.45) is 0. The van der Waals surface area contributed by atoms with Gasteiger partial charge in [-0.3, -0.25) is 4.57 Å². The Morgan fingerprint density at radius 1 is 0.458 bits per heavy atom. The van der Waals surface area contributed by atoms with E-state index in [2.05, 4.69) is 176 Å². The molecule has 2 nitrogen and oxygen atoms in total. The van der Waals surface area contributed by atoms with Gasteiger partial charge in [-0.15, -0.1) is 0 Å². The number of aromatic nitrogens is 2. The van der Waals surface area contributed by atoms with Crippen molar-refractivity contribution < 1.29 is 0 Å². The molecule has 1 aliphatic rings. The number of rotatable bonds is 3. The molecule has 0 aliphatic heterocycles. The third-order valence-corrected chi connectivity index (χ3v) is 10.5. The number of benzene rings is 8. The average Bonchev–Trinajstić information content (AvgIpc) is 3.65. The summed E-state index contributed by atoms with van der Waals surface area (Å²) in [4.78, 5) is 5.12. The Hall–Kier alpha value is -5.99. The van der Waals surface area contributed by atoms with E-state index in [1.807, 2.05) is 0 Å². The lowest BCUT2D eigenvalue weighted by Crippen LogP contribution is -2.16. The van der Waals surface area contributed by atoms with E-state index in [0.717, 1.165) is 28.1 Å². The average molecular weight is 613 g/mol. The monoisotopic (exact) mass is 612 g/mol. The second-order valence-electron chi connectivity index (χ2n) is 13.5. The molecule has 1 heterocycles. The molecule has 10 rings (SSSR count). The molecule has 0 spiro atoms. The van der Waals surface area contributed by atoms with E-state index in [1.54, 1.807) is 0 Å². The van der Waals surface area contributed by atoms with E-state index < -0.39 is 0 Å². The molecule has 0 saturated heterocycles. The SMILES string of the molecule is CC1(C)c2c(cc(-c3cccc(-n4c(-c5ccccc5)nc5ccccc54)c3)c3ccccc23)-c2c1c1ccccc1c1ccccc21. The zero-order valence-electron chi connectivity index (χ0n) is 26.9. The van der Waals surface area contributed by atoms with Crippen LogP contribution < -0.4 is 0 Å². The Labute approximate surface area is 279 Å². The van der Waals surface area contributed by atoms with E-state index in [0.29, 0.717) is 0 Å². The van der Waals surface area contributed by atoms with Gasteiger partial charge in [-0.25, -0.2) is 4.98 Å². The molecule has 1 aliphatic carbocycles. The predicted molar refractivity (Wildman–Crippen MR) is 202 cm³/mol. The quantitative estimate of drug-likeness (QED) is 0.182. The maximum Gasteiger partial charge on any atom is 0.145 e. The molecule has 9 aromatic rings. The zero-order chi connectivity index (χ0) is 32.0. The lowest BCUT2D eigenvalue weighted by atomic mass is 9.77. The summed E-state index contributed by atoms with van der Waals surface area (Å²) in [5.41, 5.74) is 12.1. The van der Waals surface area contributed by atoms with E-state index in [-0.39, 0.29) is 5.41 Å². The van der Waals surface area contributed by atoms with Crippen LogP contribution in [0.3, 0.4) is 0 Å². The van der Waals surface area contributed by atoms with Gasteiger partial charge in [-0.05, 0) is 96.0 Å². The zero-order valence-corrected chi connectivity index (χ0v) is 26.9. The summed E-state index contributed by atoms with van der Waals surface area (Å²) in [5, 5.41) is 7.91. The molecule has 2 heteroatoms. The van der Waals surface area contributed by atoms with Gasteiger partial charge in [0.05, 0.1) is 11.0 Å². The molecule has 8 aromatic carbocycles. The fourth-order valence-electron chi connectivity index (χ4n) is 8.56. The summed E-state index contributed by atoms with van der Waals surface area (Å²) in [6.45, 7) is 4.84. The number of imidazole rings is 1. The topological polar surface area (TPSA) is 17.8 Å². The highest BCUT2D eigenvalue weighted by Gasteiger charge is 2.40. The molecule has 0 amide bonds. The van der Waals surface area contributed by atoms with Gasteiger partial charge in [0.2, 0.25) is 0 Å². The molecular weight excluding hydrogens is 581 g/mol. The van der Waals surface area contributed by atoms with Crippen molar-refractivity contribution in [3.63, 3.8) is 0 Å². The van der Waals surface area contributed by atoms with Crippen LogP contribution in [0.15, 0.2) is 158 Å². The normalized spacial score (nSPS) is 13.4. The van der Waals surface area contributed by atoms with Crippen molar-refractivity contribution in [2.24, 2.45) is 0 Å². The maximum atomic E-state index is 5.12. The number of hydrogen-bond acceptors (Lipinski definition) is 1. The highest BCUT2D eigenvalue weighted by molar-refractivity contribution is 6.20. The van der Waals surface area contributed by atoms with Crippen LogP contribution in [0.2, 0.25) is 0 Å². The number of hydrogen-bond donors (Lipinski definition) is 0. The Morgan fingerprint density at radius 3 is 1.81 bits per heavy atom. The maximum absolute atomic E-state index is 5.12. The molecule has 0 unspecified atom stereocenters. The minimum atomic E-state index is -0.172. The molecular formula is C46H32N2. The second kappa shape index (κ2) is 10.0. The van der Waals surface area contributed by atoms with Gasteiger partial charge >= 0.3 is 0 Å². The Bertz CT molecular complexity index is 2750. The lowest BCUT2D eigenvalue weighted by molar-refractivity contribution is 0.672. The first-order chi connectivity index (χ1) is 23.6. The number of fused-ring (bicyclic) bond motifs is 11. The van der Waals surface area contributed by atoms with Crippen LogP contribution in [0, 0.1) is 0 Å². The predicted octanol–water partition coefficient (Wildman–Crippen LogP) is 12.1. The van der Waals surface area contributed by atoms with Crippen LogP contribution in [0.4, 0.5) is 0 Å². The summed E-state index contributed by atoms with van der Waals surface area (Å²) >= 11 is 0. The summed E-state index contributed by atoms with van der Waals surface area (Å²) in [6, 6.07) is 57.3. The van der Waals surface area contributed by atoms with Crippen molar-refractivity contribution in [2.75, 3.05) is 0 Å². The van der Waals surface area contributed by atoms with Gasteiger partial charge in [-0.2, -0.15) is 0 Å². The second-order valence-corrected chi connectivity index (χ2v) is 13.5. The fraction of sp³-hybridized carbons (Fsp3) is 0.0652. The van der Waals surface area contributed by atoms with E-state index in [9.17, 15) is 0 Å². The van der Waals surface area contributed by atoms with Crippen molar-refractivity contribution in [3.8, 4) is 39.3 Å². The van der Waals surface area contributed by atoms with Crippen LogP contribution in [-0.4, -0.2) is 9.55 Å². The van der Waals surface area contributed by atoms with Crippen LogP contribution in [0.5, 0.6) is 0 Å². The molecule has 0 N–H and O–H groups in total. The Balaban J connectivity index is 1.27. The summed E-state index contributed by atoms with van der Waals surface area (Å²) in [5.74, 6) is 0.946. The minimum Gasteiger partial charge on any atom is -0.292 e. The number of nitrogens with zero attached hydrogens (tertiary/aromatic N) is 2. The van der Waals surface area contributed by atoms with Crippen LogP contribution in [-0.2, 0) is 5.41 Å². The molecule has 0 radical (unpaired) electrons. The van der Waals surface area contributed by atoms with Crippen molar-refractivity contribution in [1.82, 2.24) is 9.55 Å². The van der Waals surface area contributed by atoms with Crippen molar-refractivity contribution >= 4 is 43.4 Å². The molecule has 0 fully saturated rings. The number of para-hydroxylation sites is 2. The molecule has 1 aromatic heterocycles. The van der Waals surface area contributed by atoms with Gasteiger partial charge in [0.15, 0.2) is 0 Å². The molecule has 0 atom stereocenters. The first-order valence-corrected chi connectivity index (χ1v) is 16.7. The first kappa shape index (κ1) is 27.2. The van der Waals surface area contributed by atoms with Crippen LogP contribution in [0.1, 0.15) is 25.0 Å². The standard InChI is InChI=1S/C46H32N2/c1-46(2)43-36-23-10-8-21-34(36)38(28-39(43)42-35-22-9-6-19-32(35)33-20-7-11-24-37(33)44(42)46)30-17-14-18-31(27-30)48-41-26-13-12-25-40(41)47-45(48)29-15-4-3-5-16-29/h3-28H,1-2H3. The summed E-state index contributed by atoms with van der Waals surface area (Å²) < 4.78 is 2.31. The fourth-order valence-corrected chi connectivity index (χ4v) is 8.56. The molecule has 48 heavy (non-hydrogen) atoms. The third kappa shape index (κ3) is 3.72. The van der Waals surface area contributed by atoms with Crippen molar-refractivity contribution in [3.05, 3.63) is 169 Å². The van der Waals surface area contributed by atoms with Crippen molar-refractivity contribution in [2.45, 2.75) is 19.3 Å². The highest BCUT2D eigenvalue weighted by atomic mass is 15.1. The van der Waals surface area contributed by atoms with Gasteiger partial charge in [0.1, 0.15) is 5.82 Å². The van der Waals surface area contributed by atoms with Gasteiger partial charge in [0.25, 0.3) is 0 Å². The van der Waals surface area contributed by atoms with Crippen molar-refractivity contribution in [1.29, 1.82) is 0 Å². The minimum absolute atomic E-state index is 0.172. The van der Waals surface area contributed by atoms with E-state index >= 15 is 0 Å². The highest BCUT2D eigenvalue weighted by Crippen LogP contribution is 2.57. The molecule has 0 bridgehead atoms. The van der Waals surface area contributed by atoms with Crippen LogP contribution >= 0.6 is 0 Å². The smallest absolute Gasteiger partial charge is 0.145 e. The lowest BCUT2D eigenvalue weighted by Gasteiger charge is -2.25. The molecule has 0 saturated carbocycles. The third-order valence-electron chi connectivity index (χ3n) is 10.5. The largest absolute Gasteiger partial charge is 0.292 e. The van der Waals surface area contributed by atoms with Gasteiger partial charge < -0.3 is 0 Å².